The van der Waals surface area contributed by atoms with Gasteiger partial charge in [0.1, 0.15) is 12.4 Å². The van der Waals surface area contributed by atoms with Gasteiger partial charge in [-0.15, -0.1) is 0 Å². The first-order valence-corrected chi connectivity index (χ1v) is 12.1. The molecule has 0 fully saturated rings. The van der Waals surface area contributed by atoms with E-state index in [0.29, 0.717) is 29.9 Å². The third-order valence-corrected chi connectivity index (χ3v) is 5.80. The lowest BCUT2D eigenvalue weighted by molar-refractivity contribution is -0.121. The molecule has 0 saturated carbocycles. The molecular formula is C29H29N3O5. The summed E-state index contributed by atoms with van der Waals surface area (Å²) >= 11 is 0. The van der Waals surface area contributed by atoms with Crippen molar-refractivity contribution in [2.45, 2.75) is 39.5 Å². The summed E-state index contributed by atoms with van der Waals surface area (Å²) in [6.07, 6.45) is 0.420. The van der Waals surface area contributed by atoms with Crippen LogP contribution in [0.2, 0.25) is 0 Å². The maximum Gasteiger partial charge on any atom is 0.442 e. The summed E-state index contributed by atoms with van der Waals surface area (Å²) in [6.45, 7) is 4.08. The Hall–Kier alpha value is -4.46. The molecule has 0 saturated heterocycles. The van der Waals surface area contributed by atoms with Crippen molar-refractivity contribution in [1.29, 1.82) is 0 Å². The Kier molecular flexibility index (Phi) is 8.30. The molecule has 0 radical (unpaired) electrons. The molecule has 1 amide bonds. The predicted molar refractivity (Wildman–Crippen MR) is 139 cm³/mol. The van der Waals surface area contributed by atoms with Crippen LogP contribution in [-0.4, -0.2) is 27.5 Å². The number of nitrogens with zero attached hydrogens (tertiary/aromatic N) is 2. The highest BCUT2D eigenvalue weighted by Crippen LogP contribution is 2.17. The minimum Gasteiger partial charge on any atom is -0.489 e. The first-order valence-electron chi connectivity index (χ1n) is 12.1. The van der Waals surface area contributed by atoms with Crippen molar-refractivity contribution in [3.8, 4) is 17.1 Å². The zero-order chi connectivity index (χ0) is 26.2. The maximum absolute atomic E-state index is 13.3. The second-order valence-corrected chi connectivity index (χ2v) is 9.14. The summed E-state index contributed by atoms with van der Waals surface area (Å²) in [5.74, 6) is -0.388. The summed E-state index contributed by atoms with van der Waals surface area (Å²) in [5, 5.41) is 6.67. The minimum atomic E-state index is -0.785. The van der Waals surface area contributed by atoms with Crippen molar-refractivity contribution in [2.24, 2.45) is 5.92 Å². The van der Waals surface area contributed by atoms with Gasteiger partial charge in [0.05, 0.1) is 12.6 Å². The lowest BCUT2D eigenvalue weighted by atomic mass is 9.99. The predicted octanol–water partition coefficient (Wildman–Crippen LogP) is 4.50. The molecule has 37 heavy (non-hydrogen) atoms. The van der Waals surface area contributed by atoms with Gasteiger partial charge in [-0.25, -0.2) is 9.36 Å². The molecular weight excluding hydrogens is 470 g/mol. The van der Waals surface area contributed by atoms with Gasteiger partial charge in [-0.05, 0) is 42.2 Å². The number of amides is 1. The van der Waals surface area contributed by atoms with Crippen LogP contribution in [0.4, 0.5) is 0 Å². The van der Waals surface area contributed by atoms with Crippen molar-refractivity contribution >= 4 is 11.7 Å². The number of carbonyl (C=O) groups is 2. The lowest BCUT2D eigenvalue weighted by Crippen LogP contribution is -2.44. The number of Topliss-reactive ketones (excluding diaryl/α,β-unsaturated/α-hetero) is 1. The number of rotatable bonds is 11. The molecule has 4 rings (SSSR count). The average Bonchev–Trinajstić information content (AvgIpc) is 3.27. The highest BCUT2D eigenvalue weighted by molar-refractivity contribution is 5.98. The van der Waals surface area contributed by atoms with Crippen LogP contribution in [0.15, 0.2) is 94.2 Å². The Bertz CT molecular complexity index is 1380. The number of hydrogen-bond donors (Lipinski definition) is 1. The number of carbonyl (C=O) groups excluding carboxylic acids is 2. The SMILES string of the molecule is CC(C)C[C@H](NC(=O)c1ccc(OCc2ccccc2)cc1)C(=O)Cn1c(-c2ccccc2)noc1=O. The molecule has 0 spiro atoms. The average molecular weight is 500 g/mol. The number of nitrogens with one attached hydrogen (secondary N) is 1. The minimum absolute atomic E-state index is 0.135. The van der Waals surface area contributed by atoms with E-state index >= 15 is 0 Å². The summed E-state index contributed by atoms with van der Waals surface area (Å²) in [7, 11) is 0. The molecule has 8 nitrogen and oxygen atoms in total. The number of hydrogen-bond acceptors (Lipinski definition) is 6. The van der Waals surface area contributed by atoms with Gasteiger partial charge in [0.25, 0.3) is 5.91 Å². The second kappa shape index (κ2) is 12.0. The molecule has 0 bridgehead atoms. The van der Waals surface area contributed by atoms with Gasteiger partial charge in [0.2, 0.25) is 0 Å². The highest BCUT2D eigenvalue weighted by Gasteiger charge is 2.25. The van der Waals surface area contributed by atoms with E-state index in [1.54, 1.807) is 48.5 Å². The number of benzene rings is 3. The van der Waals surface area contributed by atoms with Crippen LogP contribution < -0.4 is 15.8 Å². The van der Waals surface area contributed by atoms with Crippen LogP contribution >= 0.6 is 0 Å². The molecule has 0 unspecified atom stereocenters. The molecule has 1 N–H and O–H groups in total. The van der Waals surface area contributed by atoms with Gasteiger partial charge < -0.3 is 10.1 Å². The van der Waals surface area contributed by atoms with Crippen molar-refractivity contribution < 1.29 is 18.8 Å². The number of aromatic nitrogens is 2. The normalized spacial score (nSPS) is 11.8. The fourth-order valence-corrected chi connectivity index (χ4v) is 3.90. The van der Waals surface area contributed by atoms with E-state index in [1.807, 2.05) is 50.2 Å². The molecule has 0 aliphatic rings. The van der Waals surface area contributed by atoms with Gasteiger partial charge in [0, 0.05) is 11.1 Å². The third kappa shape index (κ3) is 6.82. The number of ketones is 1. The summed E-state index contributed by atoms with van der Waals surface area (Å²) in [4.78, 5) is 38.5. The largest absolute Gasteiger partial charge is 0.489 e. The van der Waals surface area contributed by atoms with Gasteiger partial charge in [-0.1, -0.05) is 79.7 Å². The van der Waals surface area contributed by atoms with E-state index in [-0.39, 0.29) is 30.0 Å². The summed E-state index contributed by atoms with van der Waals surface area (Å²) in [5.41, 5.74) is 2.10. The fourth-order valence-electron chi connectivity index (χ4n) is 3.90. The van der Waals surface area contributed by atoms with E-state index in [4.69, 9.17) is 9.26 Å². The van der Waals surface area contributed by atoms with Crippen molar-refractivity contribution in [1.82, 2.24) is 15.0 Å². The van der Waals surface area contributed by atoms with E-state index in [0.717, 1.165) is 5.56 Å². The Morgan fingerprint density at radius 2 is 1.59 bits per heavy atom. The second-order valence-electron chi connectivity index (χ2n) is 9.14. The highest BCUT2D eigenvalue weighted by atomic mass is 16.5. The monoisotopic (exact) mass is 499 g/mol. The van der Waals surface area contributed by atoms with Crippen molar-refractivity contribution in [3.05, 3.63) is 107 Å². The Balaban J connectivity index is 1.43. The molecule has 0 aliphatic carbocycles. The lowest BCUT2D eigenvalue weighted by Gasteiger charge is -2.20. The Labute approximate surface area is 214 Å². The first kappa shape index (κ1) is 25.6. The first-order chi connectivity index (χ1) is 17.9. The van der Waals surface area contributed by atoms with E-state index in [2.05, 4.69) is 10.5 Å². The van der Waals surface area contributed by atoms with Crippen LogP contribution in [-0.2, 0) is 17.9 Å². The van der Waals surface area contributed by atoms with Gasteiger partial charge in [0.15, 0.2) is 11.6 Å². The zero-order valence-electron chi connectivity index (χ0n) is 20.8. The Morgan fingerprint density at radius 1 is 0.946 bits per heavy atom. The molecule has 8 heteroatoms. The van der Waals surface area contributed by atoms with E-state index in [9.17, 15) is 14.4 Å². The maximum atomic E-state index is 13.3. The quantitative estimate of drug-likeness (QED) is 0.326. The molecule has 1 atom stereocenters. The summed E-state index contributed by atoms with van der Waals surface area (Å²) < 4.78 is 11.8. The van der Waals surface area contributed by atoms with Crippen molar-refractivity contribution in [3.63, 3.8) is 0 Å². The smallest absolute Gasteiger partial charge is 0.442 e. The molecule has 1 heterocycles. The summed E-state index contributed by atoms with van der Waals surface area (Å²) in [6, 6.07) is 24.8. The zero-order valence-corrected chi connectivity index (χ0v) is 20.8. The van der Waals surface area contributed by atoms with Crippen LogP contribution in [0.1, 0.15) is 36.2 Å². The van der Waals surface area contributed by atoms with E-state index in [1.165, 1.54) is 4.57 Å². The van der Waals surface area contributed by atoms with Crippen LogP contribution in [0.3, 0.4) is 0 Å². The van der Waals surface area contributed by atoms with Crippen LogP contribution in [0.25, 0.3) is 11.4 Å². The Morgan fingerprint density at radius 3 is 2.24 bits per heavy atom. The topological polar surface area (TPSA) is 103 Å². The van der Waals surface area contributed by atoms with E-state index < -0.39 is 11.8 Å². The van der Waals surface area contributed by atoms with Gasteiger partial charge in [-0.3, -0.25) is 14.1 Å². The fraction of sp³-hybridized carbons (Fsp3) is 0.241. The molecule has 1 aromatic heterocycles. The molecule has 190 valence electrons. The standard InChI is InChI=1S/C29H29N3O5/c1-20(2)17-25(26(33)18-32-27(31-37-29(32)35)22-11-7-4-8-12-22)30-28(34)23-13-15-24(16-14-23)36-19-21-9-5-3-6-10-21/h3-16,20,25H,17-19H2,1-2H3,(H,30,34)/t25-/m0/s1. The third-order valence-electron chi connectivity index (χ3n) is 5.80. The van der Waals surface area contributed by atoms with Gasteiger partial charge >= 0.3 is 5.76 Å². The molecule has 0 aliphatic heterocycles. The van der Waals surface area contributed by atoms with Crippen LogP contribution in [0, 0.1) is 5.92 Å². The van der Waals surface area contributed by atoms with Crippen molar-refractivity contribution in [2.75, 3.05) is 0 Å². The molecule has 3 aromatic carbocycles. The number of ether oxygens (including phenoxy) is 1. The molecule has 4 aromatic rings. The van der Waals surface area contributed by atoms with Gasteiger partial charge in [-0.2, -0.15) is 0 Å². The van der Waals surface area contributed by atoms with Crippen LogP contribution in [0.5, 0.6) is 5.75 Å².